The molecule has 8 aromatic rings. The predicted octanol–water partition coefficient (Wildman–Crippen LogP) is 8.80. The molecule has 15 heteroatoms. The zero-order valence-corrected chi connectivity index (χ0v) is 37.7. The minimum absolute atomic E-state index is 0.000806. The van der Waals surface area contributed by atoms with Crippen molar-refractivity contribution >= 4 is 55.0 Å². The van der Waals surface area contributed by atoms with Gasteiger partial charge in [0.1, 0.15) is 11.6 Å². The molecular weight excluding hydrogens is 859 g/mol. The predicted molar refractivity (Wildman–Crippen MR) is 253 cm³/mol. The van der Waals surface area contributed by atoms with Gasteiger partial charge in [0, 0.05) is 28.2 Å². The van der Waals surface area contributed by atoms with Crippen LogP contribution >= 0.6 is 0 Å². The van der Waals surface area contributed by atoms with Gasteiger partial charge < -0.3 is 15.5 Å². The first-order valence-corrected chi connectivity index (χ1v) is 23.3. The minimum Gasteiger partial charge on any atom is -0.325 e. The maximum atomic E-state index is 13.7. The molecule has 336 valence electrons. The highest BCUT2D eigenvalue weighted by Gasteiger charge is 2.56. The van der Waals surface area contributed by atoms with E-state index in [2.05, 4.69) is 14.9 Å². The quantitative estimate of drug-likeness (QED) is 0.155. The molecule has 0 radical (unpaired) electrons. The van der Waals surface area contributed by atoms with Crippen molar-refractivity contribution in [2.24, 2.45) is 16.6 Å². The van der Waals surface area contributed by atoms with Crippen LogP contribution in [0, 0.1) is 22.5 Å². The number of hydrogen-bond acceptors (Lipinski definition) is 7. The monoisotopic (exact) mass is 906 g/mol. The number of hydrogen-bond donors (Lipinski definition) is 2. The van der Waals surface area contributed by atoms with Crippen LogP contribution in [0.3, 0.4) is 0 Å². The van der Waals surface area contributed by atoms with E-state index in [-0.39, 0.29) is 35.5 Å². The van der Waals surface area contributed by atoms with E-state index < -0.39 is 32.9 Å². The molecule has 2 aromatic heterocycles. The van der Waals surface area contributed by atoms with Crippen molar-refractivity contribution < 1.29 is 26.8 Å². The number of carbonyl (C=O) groups is 2. The number of amides is 2. The number of anilines is 2. The third-order valence-electron chi connectivity index (χ3n) is 12.8. The number of nitrogens with zero attached hydrogens (tertiary/aromatic N) is 6. The molecule has 2 fully saturated rings. The summed E-state index contributed by atoms with van der Waals surface area (Å²) >= 11 is 0. The number of fused-ring (bicyclic) bond motifs is 2. The Bertz CT molecular complexity index is 3210. The zero-order chi connectivity index (χ0) is 46.7. The Morgan fingerprint density at radius 3 is 1.39 bits per heavy atom. The number of halogens is 2. The Kier molecular flexibility index (Phi) is 11.2. The molecule has 2 amide bonds. The molecular formula is C51H48F2N8O4S. The van der Waals surface area contributed by atoms with Gasteiger partial charge in [0.15, 0.2) is 0 Å². The molecule has 0 unspecified atom stereocenters. The second kappa shape index (κ2) is 16.7. The molecule has 0 spiro atoms. The van der Waals surface area contributed by atoms with Gasteiger partial charge in [-0.15, -0.1) is 0 Å². The first-order valence-electron chi connectivity index (χ1n) is 21.4. The van der Waals surface area contributed by atoms with E-state index in [0.29, 0.717) is 11.4 Å². The first kappa shape index (κ1) is 44.1. The summed E-state index contributed by atoms with van der Waals surface area (Å²) in [5, 5.41) is 10.6. The molecule has 10 rings (SSSR count). The van der Waals surface area contributed by atoms with Gasteiger partial charge in [-0.25, -0.2) is 31.3 Å². The van der Waals surface area contributed by atoms with Gasteiger partial charge in [-0.2, -0.15) is 10.2 Å². The summed E-state index contributed by atoms with van der Waals surface area (Å²) in [7, 11) is -3.58. The smallest absolute Gasteiger partial charge is 0.234 e. The summed E-state index contributed by atoms with van der Waals surface area (Å²) in [5.41, 5.74) is 11.3. The lowest BCUT2D eigenvalue weighted by Gasteiger charge is -2.30. The van der Waals surface area contributed by atoms with Crippen LogP contribution in [0.4, 0.5) is 20.2 Å². The van der Waals surface area contributed by atoms with Crippen LogP contribution in [0.2, 0.25) is 0 Å². The fraction of sp³-hybridized carbons (Fsp3) is 0.216. The molecule has 0 bridgehead atoms. The van der Waals surface area contributed by atoms with Crippen molar-refractivity contribution in [3.05, 3.63) is 181 Å². The van der Waals surface area contributed by atoms with E-state index in [0.717, 1.165) is 50.6 Å². The molecule has 12 nitrogen and oxygen atoms in total. The summed E-state index contributed by atoms with van der Waals surface area (Å²) in [6.07, 6.45) is 4.55. The Morgan fingerprint density at radius 1 is 0.561 bits per heavy atom. The number of nitrogens with one attached hydrogen (secondary N) is 1. The maximum absolute atomic E-state index is 13.7. The average Bonchev–Trinajstić information content (AvgIpc) is 4.02. The highest BCUT2D eigenvalue weighted by atomic mass is 32.2. The fourth-order valence-electron chi connectivity index (χ4n) is 9.16. The van der Waals surface area contributed by atoms with E-state index in [1.54, 1.807) is 64.8 Å². The van der Waals surface area contributed by atoms with Crippen molar-refractivity contribution in [3.63, 3.8) is 0 Å². The Labute approximate surface area is 381 Å². The summed E-state index contributed by atoms with van der Waals surface area (Å²) in [5.74, 6) is -0.801. The molecule has 0 aliphatic carbocycles. The van der Waals surface area contributed by atoms with E-state index in [4.69, 9.17) is 5.73 Å². The van der Waals surface area contributed by atoms with Gasteiger partial charge in [0.05, 0.1) is 70.0 Å². The van der Waals surface area contributed by atoms with Crippen LogP contribution in [-0.2, 0) is 19.6 Å². The molecule has 0 saturated carbocycles. The molecule has 3 N–H and O–H groups in total. The average molecular weight is 907 g/mol. The number of nitrogens with two attached hydrogens (primary N) is 1. The van der Waals surface area contributed by atoms with Crippen molar-refractivity contribution in [1.29, 1.82) is 0 Å². The number of rotatable bonds is 8. The summed E-state index contributed by atoms with van der Waals surface area (Å²) in [6, 6.07) is 41.1. The molecule has 4 heterocycles. The van der Waals surface area contributed by atoms with Gasteiger partial charge in [-0.05, 0) is 124 Å². The van der Waals surface area contributed by atoms with Crippen molar-refractivity contribution in [2.45, 2.75) is 51.9 Å². The third kappa shape index (κ3) is 7.92. The molecule has 2 saturated heterocycles. The number of benzene rings is 6. The lowest BCUT2D eigenvalue weighted by molar-refractivity contribution is -0.125. The SMILES string of the molecule is CC1(C)C(=O)N(c2ccc3c(cnn3-c3ccc(F)cc3)c2)[C@H](c2ccccc2)[C@H]1N.CC1(C)C(=O)N(c2ccc3c(cnn3-c3ccc(F)cc3)c2)[C@H](c2ccccc2)[C@H]1NS(C)(=O)=O. The van der Waals surface area contributed by atoms with Gasteiger partial charge in [0.2, 0.25) is 21.8 Å². The molecule has 4 atom stereocenters. The Balaban J connectivity index is 0.000000167. The Morgan fingerprint density at radius 2 is 0.955 bits per heavy atom. The lowest BCUT2D eigenvalue weighted by Crippen LogP contribution is -2.45. The van der Waals surface area contributed by atoms with Crippen LogP contribution in [0.15, 0.2) is 158 Å². The second-order valence-corrected chi connectivity index (χ2v) is 19.7. The van der Waals surface area contributed by atoms with Gasteiger partial charge in [0.25, 0.3) is 0 Å². The first-order chi connectivity index (χ1) is 31.4. The number of aromatic nitrogens is 4. The third-order valence-corrected chi connectivity index (χ3v) is 13.5. The standard InChI is InChI=1S/C26H25FN4O3S.C25H23FN4O/c1-26(2)24(29-35(3,33)34)23(17-7-5-4-6-8-17)30(25(26)32)21-13-14-22-18(15-21)16-28-31(22)20-11-9-19(27)10-12-20;1-25(2)23(27)22(16-6-4-3-5-7-16)29(24(25)31)20-12-13-21-17(14-20)15-28-30(21)19-10-8-18(26)9-11-19/h4-16,23-24,29H,1-3H3;3-15,22-23H,27H2,1-2H3/t23-,24-;22-,23-/m11/s1. The molecule has 66 heavy (non-hydrogen) atoms. The van der Waals surface area contributed by atoms with E-state index in [1.807, 2.05) is 116 Å². The number of sulfonamides is 1. The van der Waals surface area contributed by atoms with Crippen LogP contribution in [0.25, 0.3) is 33.2 Å². The summed E-state index contributed by atoms with van der Waals surface area (Å²) < 4.78 is 57.4. The normalized spacial score (nSPS) is 20.2. The highest BCUT2D eigenvalue weighted by Crippen LogP contribution is 2.48. The van der Waals surface area contributed by atoms with Gasteiger partial charge in [-0.3, -0.25) is 9.59 Å². The van der Waals surface area contributed by atoms with Crippen molar-refractivity contribution in [3.8, 4) is 11.4 Å². The van der Waals surface area contributed by atoms with Crippen LogP contribution < -0.4 is 20.3 Å². The van der Waals surface area contributed by atoms with Crippen LogP contribution in [-0.4, -0.2) is 58.1 Å². The van der Waals surface area contributed by atoms with Crippen LogP contribution in [0.1, 0.15) is 50.9 Å². The minimum atomic E-state index is -3.58. The topological polar surface area (TPSA) is 148 Å². The van der Waals surface area contributed by atoms with E-state index >= 15 is 0 Å². The summed E-state index contributed by atoms with van der Waals surface area (Å²) in [4.78, 5) is 30.6. The fourth-order valence-corrected chi connectivity index (χ4v) is 10.0. The van der Waals surface area contributed by atoms with Crippen molar-refractivity contribution in [1.82, 2.24) is 24.3 Å². The van der Waals surface area contributed by atoms with Gasteiger partial charge in [-0.1, -0.05) is 60.7 Å². The molecule has 2 aliphatic heterocycles. The van der Waals surface area contributed by atoms with Gasteiger partial charge >= 0.3 is 0 Å². The zero-order valence-electron chi connectivity index (χ0n) is 36.9. The van der Waals surface area contributed by atoms with Crippen LogP contribution in [0.5, 0.6) is 0 Å². The Hall–Kier alpha value is -7.07. The molecule has 6 aromatic carbocycles. The van der Waals surface area contributed by atoms with E-state index in [1.165, 1.54) is 24.3 Å². The summed E-state index contributed by atoms with van der Waals surface area (Å²) in [6.45, 7) is 7.33. The highest BCUT2D eigenvalue weighted by molar-refractivity contribution is 7.88. The second-order valence-electron chi connectivity index (χ2n) is 18.0. The maximum Gasteiger partial charge on any atom is 0.234 e. The number of carbonyl (C=O) groups excluding carboxylic acids is 2. The van der Waals surface area contributed by atoms with Crippen molar-refractivity contribution in [2.75, 3.05) is 16.1 Å². The lowest BCUT2D eigenvalue weighted by atomic mass is 9.83. The largest absolute Gasteiger partial charge is 0.325 e. The van der Waals surface area contributed by atoms with E-state index in [9.17, 15) is 26.8 Å². The molecule has 2 aliphatic rings.